The molecule has 2 fully saturated rings. The highest BCUT2D eigenvalue weighted by atomic mass is 32.1. The van der Waals surface area contributed by atoms with Crippen LogP contribution in [0.3, 0.4) is 0 Å². The summed E-state index contributed by atoms with van der Waals surface area (Å²) in [5.74, 6) is -0.399. The molecule has 0 unspecified atom stereocenters. The molecule has 2 aliphatic rings. The van der Waals surface area contributed by atoms with Crippen molar-refractivity contribution in [2.75, 3.05) is 19.6 Å². The number of benzene rings is 1. The zero-order valence-corrected chi connectivity index (χ0v) is 18.0. The minimum Gasteiger partial charge on any atom is -0.384 e. The molecule has 7 nitrogen and oxygen atoms in total. The van der Waals surface area contributed by atoms with Crippen LogP contribution in [-0.2, 0) is 10.4 Å². The number of amides is 2. The van der Waals surface area contributed by atoms with Crippen molar-refractivity contribution in [3.05, 3.63) is 52.0 Å². The van der Waals surface area contributed by atoms with E-state index in [1.807, 2.05) is 19.1 Å². The van der Waals surface area contributed by atoms with Gasteiger partial charge in [-0.05, 0) is 44.7 Å². The van der Waals surface area contributed by atoms with Crippen molar-refractivity contribution >= 4 is 23.2 Å². The van der Waals surface area contributed by atoms with Crippen LogP contribution in [0.1, 0.15) is 46.5 Å². The molecule has 0 bridgehead atoms. The summed E-state index contributed by atoms with van der Waals surface area (Å²) in [7, 11) is 0. The second-order valence-electron chi connectivity index (χ2n) is 8.40. The average molecular weight is 429 g/mol. The van der Waals surface area contributed by atoms with Gasteiger partial charge in [0.05, 0.1) is 23.0 Å². The lowest BCUT2D eigenvalue weighted by Gasteiger charge is -2.48. The lowest BCUT2D eigenvalue weighted by atomic mass is 9.80. The van der Waals surface area contributed by atoms with Gasteiger partial charge in [-0.15, -0.1) is 11.3 Å². The third-order valence-corrected chi connectivity index (χ3v) is 7.12. The Balaban J connectivity index is 1.16. The van der Waals surface area contributed by atoms with E-state index >= 15 is 0 Å². The highest BCUT2D eigenvalue weighted by Gasteiger charge is 2.40. The number of aryl methyl sites for hydroxylation is 1. The number of carbonyl (C=O) groups is 2. The van der Waals surface area contributed by atoms with Gasteiger partial charge in [0.15, 0.2) is 0 Å². The quantitative estimate of drug-likeness (QED) is 0.652. The number of carbonyl (C=O) groups excluding carboxylic acids is 2. The van der Waals surface area contributed by atoms with E-state index in [9.17, 15) is 14.7 Å². The van der Waals surface area contributed by atoms with Gasteiger partial charge >= 0.3 is 0 Å². The predicted molar refractivity (Wildman–Crippen MR) is 115 cm³/mol. The summed E-state index contributed by atoms with van der Waals surface area (Å²) in [5.41, 5.74) is 2.61. The second-order valence-corrected chi connectivity index (χ2v) is 9.29. The number of nitrogens with zero attached hydrogens (tertiary/aromatic N) is 2. The molecule has 30 heavy (non-hydrogen) atoms. The largest absolute Gasteiger partial charge is 0.384 e. The number of hydrogen-bond acceptors (Lipinski definition) is 6. The number of rotatable bonds is 6. The fourth-order valence-electron chi connectivity index (χ4n) is 4.37. The van der Waals surface area contributed by atoms with Crippen molar-refractivity contribution in [1.29, 1.82) is 0 Å². The molecule has 1 saturated heterocycles. The third kappa shape index (κ3) is 4.71. The maximum atomic E-state index is 12.2. The van der Waals surface area contributed by atoms with Gasteiger partial charge in [-0.2, -0.15) is 0 Å². The van der Waals surface area contributed by atoms with Crippen molar-refractivity contribution in [3.8, 4) is 0 Å². The van der Waals surface area contributed by atoms with Crippen molar-refractivity contribution in [3.63, 3.8) is 0 Å². The molecule has 4 rings (SSSR count). The van der Waals surface area contributed by atoms with E-state index in [1.165, 1.54) is 11.3 Å². The molecule has 3 N–H and O–H groups in total. The van der Waals surface area contributed by atoms with Gasteiger partial charge in [0, 0.05) is 30.9 Å². The minimum absolute atomic E-state index is 0.0193. The molecule has 2 amide bonds. The molecule has 2 heterocycles. The molecule has 1 saturated carbocycles. The van der Waals surface area contributed by atoms with Crippen molar-refractivity contribution in [2.45, 2.75) is 50.3 Å². The molecule has 0 radical (unpaired) electrons. The van der Waals surface area contributed by atoms with E-state index < -0.39 is 5.60 Å². The number of aromatic nitrogens is 1. The zero-order valence-electron chi connectivity index (χ0n) is 17.1. The number of aliphatic hydroxyl groups is 1. The molecule has 1 aromatic heterocycles. The van der Waals surface area contributed by atoms with Crippen LogP contribution in [0.4, 0.5) is 0 Å². The highest BCUT2D eigenvalue weighted by molar-refractivity contribution is 7.09. The summed E-state index contributed by atoms with van der Waals surface area (Å²) in [6.07, 6.45) is 5.16. The molecule has 1 aliphatic carbocycles. The van der Waals surface area contributed by atoms with Gasteiger partial charge in [-0.1, -0.05) is 17.7 Å². The molecule has 0 atom stereocenters. The first-order valence-corrected chi connectivity index (χ1v) is 11.3. The first-order chi connectivity index (χ1) is 14.4. The summed E-state index contributed by atoms with van der Waals surface area (Å²) in [5, 5.41) is 16.5. The highest BCUT2D eigenvalue weighted by Crippen LogP contribution is 2.40. The van der Waals surface area contributed by atoms with Crippen LogP contribution >= 0.6 is 11.3 Å². The zero-order chi connectivity index (χ0) is 21.1. The van der Waals surface area contributed by atoms with Gasteiger partial charge in [-0.3, -0.25) is 19.5 Å². The SMILES string of the molecule is Cc1cccc(C(=O)NCC(=O)NC2CN(C3CCC(O)(c4cncs4)CC3)C2)c1. The monoisotopic (exact) mass is 428 g/mol. The van der Waals surface area contributed by atoms with Crippen molar-refractivity contribution < 1.29 is 14.7 Å². The van der Waals surface area contributed by atoms with E-state index in [1.54, 1.807) is 23.8 Å². The molecule has 1 aromatic carbocycles. The van der Waals surface area contributed by atoms with E-state index in [2.05, 4.69) is 20.5 Å². The first kappa shape index (κ1) is 21.0. The number of hydrogen-bond donors (Lipinski definition) is 3. The van der Waals surface area contributed by atoms with Gasteiger partial charge < -0.3 is 15.7 Å². The fourth-order valence-corrected chi connectivity index (χ4v) is 5.15. The fraction of sp³-hybridized carbons (Fsp3) is 0.500. The minimum atomic E-state index is -0.731. The number of thiazole rings is 1. The Morgan fingerprint density at radius 2 is 2.07 bits per heavy atom. The van der Waals surface area contributed by atoms with Crippen molar-refractivity contribution in [1.82, 2.24) is 20.5 Å². The predicted octanol–water partition coefficient (Wildman–Crippen LogP) is 1.81. The van der Waals surface area contributed by atoms with Crippen molar-refractivity contribution in [2.24, 2.45) is 0 Å². The Bertz CT molecular complexity index is 888. The molecule has 8 heteroatoms. The Morgan fingerprint density at radius 3 is 2.73 bits per heavy atom. The topological polar surface area (TPSA) is 94.6 Å². The summed E-state index contributed by atoms with van der Waals surface area (Å²) in [6, 6.07) is 7.87. The molecule has 0 spiro atoms. The van der Waals surface area contributed by atoms with E-state index in [4.69, 9.17) is 0 Å². The Morgan fingerprint density at radius 1 is 1.30 bits per heavy atom. The standard InChI is InChI=1S/C22H28N4O3S/c1-15-3-2-4-16(9-15)21(28)24-11-20(27)25-17-12-26(13-17)18-5-7-22(29,8-6-18)19-10-23-14-30-19/h2-4,9-10,14,17-18,29H,5-8,11-13H2,1H3,(H,24,28)(H,25,27). The third-order valence-electron chi connectivity index (χ3n) is 6.15. The summed E-state index contributed by atoms with van der Waals surface area (Å²) < 4.78 is 0. The smallest absolute Gasteiger partial charge is 0.251 e. The van der Waals surface area contributed by atoms with Crippen LogP contribution in [0.2, 0.25) is 0 Å². The molecular weight excluding hydrogens is 400 g/mol. The average Bonchev–Trinajstić information content (AvgIpc) is 3.25. The van der Waals surface area contributed by atoms with Crippen LogP contribution < -0.4 is 10.6 Å². The molecular formula is C22H28N4O3S. The lowest BCUT2D eigenvalue weighted by Crippen LogP contribution is -2.63. The first-order valence-electron chi connectivity index (χ1n) is 10.4. The summed E-state index contributed by atoms with van der Waals surface area (Å²) in [4.78, 5) is 31.7. The lowest BCUT2D eigenvalue weighted by molar-refractivity contribution is -0.122. The van der Waals surface area contributed by atoms with Crippen LogP contribution in [0.25, 0.3) is 0 Å². The van der Waals surface area contributed by atoms with Gasteiger partial charge in [0.25, 0.3) is 5.91 Å². The summed E-state index contributed by atoms with van der Waals surface area (Å²) in [6.45, 7) is 3.55. The van der Waals surface area contributed by atoms with Gasteiger partial charge in [0.2, 0.25) is 5.91 Å². The Hall–Kier alpha value is -2.29. The maximum Gasteiger partial charge on any atom is 0.251 e. The summed E-state index contributed by atoms with van der Waals surface area (Å²) >= 11 is 1.52. The van der Waals surface area contributed by atoms with Crippen LogP contribution in [0.5, 0.6) is 0 Å². The molecule has 2 aromatic rings. The Kier molecular flexibility index (Phi) is 6.17. The van der Waals surface area contributed by atoms with Crippen LogP contribution in [0.15, 0.2) is 36.0 Å². The second kappa shape index (κ2) is 8.83. The molecule has 160 valence electrons. The maximum absolute atomic E-state index is 12.2. The Labute approximate surface area is 180 Å². The van der Waals surface area contributed by atoms with Gasteiger partial charge in [-0.25, -0.2) is 0 Å². The normalized spacial score (nSPS) is 24.8. The number of likely N-dealkylation sites (tertiary alicyclic amines) is 1. The van der Waals surface area contributed by atoms with E-state index in [0.717, 1.165) is 49.2 Å². The van der Waals surface area contributed by atoms with Crippen LogP contribution in [0, 0.1) is 6.92 Å². The van der Waals surface area contributed by atoms with E-state index in [-0.39, 0.29) is 24.4 Å². The van der Waals surface area contributed by atoms with Gasteiger partial charge in [0.1, 0.15) is 5.60 Å². The molecule has 1 aliphatic heterocycles. The van der Waals surface area contributed by atoms with E-state index in [0.29, 0.717) is 11.6 Å². The number of nitrogens with one attached hydrogen (secondary N) is 2. The van der Waals surface area contributed by atoms with Crippen LogP contribution in [-0.4, -0.2) is 58.5 Å².